The topological polar surface area (TPSA) is 17.1 Å². The Morgan fingerprint density at radius 2 is 2.10 bits per heavy atom. The van der Waals surface area contributed by atoms with Gasteiger partial charge in [0.1, 0.15) is 0 Å². The molecule has 1 aromatic rings. The molecule has 0 aliphatic carbocycles. The summed E-state index contributed by atoms with van der Waals surface area (Å²) in [7, 11) is 0. The largest absolute Gasteiger partial charge is 0.212 e. The maximum Gasteiger partial charge on any atom is 0.0892 e. The molecule has 0 bridgehead atoms. The molecule has 0 aromatic heterocycles. The van der Waals surface area contributed by atoms with E-state index in [1.807, 2.05) is 12.1 Å². The van der Waals surface area contributed by atoms with E-state index < -0.39 is 0 Å². The third-order valence-corrected chi connectivity index (χ3v) is 1.77. The van der Waals surface area contributed by atoms with Crippen molar-refractivity contribution in [3.8, 4) is 0 Å². The summed E-state index contributed by atoms with van der Waals surface area (Å²) in [5, 5.41) is 2.09. The predicted molar refractivity (Wildman–Crippen MR) is 44.8 cm³/mol. The Bertz CT molecular complexity index is 279. The molecule has 0 amide bonds. The molecular weight excluding hydrogens is 168 g/mol. The molecule has 1 aromatic carbocycles. The van der Waals surface area contributed by atoms with Crippen molar-refractivity contribution in [2.24, 2.45) is 0 Å². The van der Waals surface area contributed by atoms with Crippen molar-refractivity contribution in [1.29, 1.82) is 0 Å². The summed E-state index contributed by atoms with van der Waals surface area (Å²) in [6.45, 7) is 0. The summed E-state index contributed by atoms with van der Waals surface area (Å²) in [6.07, 6.45) is 0. The average Bonchev–Trinajstić information content (AvgIpc) is 1.94. The number of hydrogen-bond acceptors (Lipinski definition) is 1. The molecule has 0 unspecified atom stereocenters. The second-order valence-electron chi connectivity index (χ2n) is 1.74. The van der Waals surface area contributed by atoms with Crippen LogP contribution in [0.1, 0.15) is 5.56 Å². The maximum absolute atomic E-state index is 10.1. The van der Waals surface area contributed by atoms with Crippen molar-refractivity contribution in [1.82, 2.24) is 0 Å². The Labute approximate surface area is 67.7 Å². The van der Waals surface area contributed by atoms with E-state index in [1.165, 1.54) is 5.37 Å². The summed E-state index contributed by atoms with van der Waals surface area (Å²) >= 11 is 6.13. The molecule has 0 heterocycles. The van der Waals surface area contributed by atoms with Crippen LogP contribution in [0.4, 0.5) is 0 Å². The van der Waals surface area contributed by atoms with Gasteiger partial charge in [0.2, 0.25) is 0 Å². The first-order chi connectivity index (χ1) is 4.84. The lowest BCUT2D eigenvalue weighted by Gasteiger charge is -1.91. The van der Waals surface area contributed by atoms with Crippen LogP contribution in [0.15, 0.2) is 24.3 Å². The second kappa shape index (κ2) is 3.54. The lowest BCUT2D eigenvalue weighted by Crippen LogP contribution is -1.79. The summed E-state index contributed by atoms with van der Waals surface area (Å²) in [5.41, 5.74) is 0.782. The van der Waals surface area contributed by atoms with E-state index >= 15 is 0 Å². The molecular formula is C7H5ClOS. The van der Waals surface area contributed by atoms with Gasteiger partial charge in [-0.2, -0.15) is 0 Å². The zero-order valence-corrected chi connectivity index (χ0v) is 6.65. The highest BCUT2D eigenvalue weighted by Crippen LogP contribution is 2.11. The standard InChI is InChI=1S/C7H5ClOS/c8-7-4-2-1-3-6(7)5-10-9/h1-5H. The van der Waals surface area contributed by atoms with Crippen LogP contribution in [-0.2, 0) is 11.3 Å². The Balaban J connectivity index is 3.14. The van der Waals surface area contributed by atoms with Gasteiger partial charge in [-0.15, -0.1) is 0 Å². The SMILES string of the molecule is O=S=Cc1ccccc1Cl. The third kappa shape index (κ3) is 1.69. The highest BCUT2D eigenvalue weighted by molar-refractivity contribution is 7.65. The predicted octanol–water partition coefficient (Wildman–Crippen LogP) is 1.70. The second-order valence-corrected chi connectivity index (χ2v) is 2.57. The third-order valence-electron chi connectivity index (χ3n) is 1.08. The van der Waals surface area contributed by atoms with Crippen LogP contribution in [0.5, 0.6) is 0 Å². The van der Waals surface area contributed by atoms with E-state index in [0.717, 1.165) is 5.56 Å². The molecule has 0 aliphatic rings. The van der Waals surface area contributed by atoms with E-state index in [9.17, 15) is 4.21 Å². The fourth-order valence-corrected chi connectivity index (χ4v) is 1.19. The molecule has 1 rings (SSSR count). The van der Waals surface area contributed by atoms with Gasteiger partial charge < -0.3 is 0 Å². The van der Waals surface area contributed by atoms with Crippen LogP contribution in [0.2, 0.25) is 5.02 Å². The van der Waals surface area contributed by atoms with E-state index in [2.05, 4.69) is 0 Å². The first kappa shape index (κ1) is 7.51. The molecule has 10 heavy (non-hydrogen) atoms. The molecule has 1 nitrogen and oxygen atoms in total. The Morgan fingerprint density at radius 3 is 2.70 bits per heavy atom. The van der Waals surface area contributed by atoms with Gasteiger partial charge in [-0.05, 0) is 6.07 Å². The van der Waals surface area contributed by atoms with Crippen molar-refractivity contribution in [3.05, 3.63) is 34.9 Å². The summed E-state index contributed by atoms with van der Waals surface area (Å²) in [4.78, 5) is 0. The smallest absolute Gasteiger partial charge is 0.0892 e. The molecule has 0 fully saturated rings. The first-order valence-corrected chi connectivity index (χ1v) is 3.89. The van der Waals surface area contributed by atoms with Crippen LogP contribution < -0.4 is 0 Å². The minimum absolute atomic E-state index is 0.409. The van der Waals surface area contributed by atoms with E-state index in [0.29, 0.717) is 16.3 Å². The van der Waals surface area contributed by atoms with Gasteiger partial charge in [0.05, 0.1) is 11.3 Å². The summed E-state index contributed by atoms with van der Waals surface area (Å²) in [6, 6.07) is 7.22. The van der Waals surface area contributed by atoms with Crippen molar-refractivity contribution in [3.63, 3.8) is 0 Å². The molecule has 0 N–H and O–H groups in total. The van der Waals surface area contributed by atoms with Gasteiger partial charge in [-0.25, -0.2) is 4.21 Å². The normalized spacial score (nSPS) is 8.90. The Morgan fingerprint density at radius 1 is 1.40 bits per heavy atom. The first-order valence-electron chi connectivity index (χ1n) is 2.71. The number of halogens is 1. The van der Waals surface area contributed by atoms with Crippen LogP contribution in [0, 0.1) is 0 Å². The highest BCUT2D eigenvalue weighted by atomic mass is 35.5. The van der Waals surface area contributed by atoms with Crippen LogP contribution in [0.3, 0.4) is 0 Å². The number of hydrogen-bond donors (Lipinski definition) is 0. The number of rotatable bonds is 1. The quantitative estimate of drug-likeness (QED) is 0.590. The zero-order chi connectivity index (χ0) is 7.40. The van der Waals surface area contributed by atoms with Gasteiger partial charge >= 0.3 is 0 Å². The van der Waals surface area contributed by atoms with E-state index in [1.54, 1.807) is 12.1 Å². The molecule has 0 spiro atoms. The van der Waals surface area contributed by atoms with Gasteiger partial charge in [0, 0.05) is 16.0 Å². The molecule has 0 atom stereocenters. The van der Waals surface area contributed by atoms with Crippen molar-refractivity contribution in [2.75, 3.05) is 0 Å². The number of benzene rings is 1. The average molecular weight is 173 g/mol. The van der Waals surface area contributed by atoms with Crippen molar-refractivity contribution < 1.29 is 4.21 Å². The molecule has 0 radical (unpaired) electrons. The van der Waals surface area contributed by atoms with E-state index in [4.69, 9.17) is 11.6 Å². The molecule has 3 heteroatoms. The fourth-order valence-electron chi connectivity index (χ4n) is 0.623. The maximum atomic E-state index is 10.1. The van der Waals surface area contributed by atoms with Gasteiger partial charge in [0.25, 0.3) is 0 Å². The van der Waals surface area contributed by atoms with Gasteiger partial charge in [-0.3, -0.25) is 0 Å². The van der Waals surface area contributed by atoms with Crippen molar-refractivity contribution >= 4 is 28.2 Å². The Hall–Kier alpha value is -0.600. The molecule has 0 saturated heterocycles. The molecule has 0 aliphatic heterocycles. The fraction of sp³-hybridized carbons (Fsp3) is 0. The lowest BCUT2D eigenvalue weighted by molar-refractivity contribution is 0.701. The van der Waals surface area contributed by atoms with Gasteiger partial charge in [-0.1, -0.05) is 29.8 Å². The van der Waals surface area contributed by atoms with Crippen LogP contribution in [-0.4, -0.2) is 9.58 Å². The summed E-state index contributed by atoms with van der Waals surface area (Å²) in [5.74, 6) is 0. The minimum Gasteiger partial charge on any atom is -0.212 e. The summed E-state index contributed by atoms with van der Waals surface area (Å²) < 4.78 is 10.1. The minimum atomic E-state index is 0.409. The lowest BCUT2D eigenvalue weighted by atomic mass is 10.2. The highest BCUT2D eigenvalue weighted by Gasteiger charge is 1.91. The van der Waals surface area contributed by atoms with Crippen molar-refractivity contribution in [2.45, 2.75) is 0 Å². The zero-order valence-electron chi connectivity index (χ0n) is 5.08. The molecule has 52 valence electrons. The van der Waals surface area contributed by atoms with Gasteiger partial charge in [0.15, 0.2) is 0 Å². The van der Waals surface area contributed by atoms with Crippen LogP contribution in [0.25, 0.3) is 0 Å². The van der Waals surface area contributed by atoms with Crippen LogP contribution >= 0.6 is 11.6 Å². The monoisotopic (exact) mass is 172 g/mol. The Kier molecular flexibility index (Phi) is 2.66. The van der Waals surface area contributed by atoms with E-state index in [-0.39, 0.29) is 0 Å². The molecule has 0 saturated carbocycles.